The number of benzene rings is 1. The van der Waals surface area contributed by atoms with Crippen LogP contribution in [0.5, 0.6) is 0 Å². The fourth-order valence-corrected chi connectivity index (χ4v) is 5.11. The third-order valence-electron chi connectivity index (χ3n) is 6.39. The second-order valence-electron chi connectivity index (χ2n) is 8.37. The van der Waals surface area contributed by atoms with Crippen LogP contribution in [0, 0.1) is 13.8 Å². The Hall–Kier alpha value is -3.51. The van der Waals surface area contributed by atoms with Gasteiger partial charge in [-0.15, -0.1) is 0 Å². The molecule has 5 rings (SSSR count). The summed E-state index contributed by atoms with van der Waals surface area (Å²) in [6.07, 6.45) is 4.68. The molecule has 2 unspecified atom stereocenters. The van der Waals surface area contributed by atoms with E-state index in [4.69, 9.17) is 12.2 Å². The first kappa shape index (κ1) is 21.3. The number of hydrogen-bond donors (Lipinski definition) is 1. The fourth-order valence-electron chi connectivity index (χ4n) is 4.77. The van der Waals surface area contributed by atoms with Gasteiger partial charge in [0.15, 0.2) is 5.11 Å². The van der Waals surface area contributed by atoms with Gasteiger partial charge in [-0.25, -0.2) is 4.98 Å². The molecule has 6 heteroatoms. The van der Waals surface area contributed by atoms with Crippen LogP contribution in [0.15, 0.2) is 79.1 Å². The van der Waals surface area contributed by atoms with Crippen LogP contribution in [-0.4, -0.2) is 19.6 Å². The topological polar surface area (TPSA) is 46.0 Å². The molecule has 2 atom stereocenters. The van der Waals surface area contributed by atoms with E-state index in [9.17, 15) is 0 Å². The van der Waals surface area contributed by atoms with Crippen molar-refractivity contribution in [3.8, 4) is 5.82 Å². The van der Waals surface area contributed by atoms with E-state index in [0.29, 0.717) is 5.11 Å². The van der Waals surface area contributed by atoms with Crippen molar-refractivity contribution in [2.45, 2.75) is 39.3 Å². The van der Waals surface area contributed by atoms with Crippen molar-refractivity contribution >= 4 is 23.0 Å². The molecule has 0 saturated carbocycles. The molecular weight excluding hydrogens is 426 g/mol. The summed E-state index contributed by atoms with van der Waals surface area (Å²) in [6, 6.07) is 22.9. The van der Waals surface area contributed by atoms with Gasteiger partial charge in [0, 0.05) is 29.5 Å². The molecule has 0 spiro atoms. The first-order valence-electron chi connectivity index (χ1n) is 11.3. The molecule has 1 N–H and O–H groups in total. The van der Waals surface area contributed by atoms with Gasteiger partial charge in [-0.05, 0) is 86.1 Å². The molecule has 0 bridgehead atoms. The van der Waals surface area contributed by atoms with Gasteiger partial charge in [0.05, 0.1) is 17.8 Å². The van der Waals surface area contributed by atoms with Crippen molar-refractivity contribution in [1.82, 2.24) is 19.9 Å². The summed E-state index contributed by atoms with van der Waals surface area (Å²) < 4.78 is 2.21. The van der Waals surface area contributed by atoms with E-state index in [2.05, 4.69) is 81.9 Å². The largest absolute Gasteiger partial charge is 0.351 e. The summed E-state index contributed by atoms with van der Waals surface area (Å²) in [6.45, 7) is 6.46. The average Bonchev–Trinajstić information content (AvgIpc) is 3.35. The van der Waals surface area contributed by atoms with Crippen molar-refractivity contribution in [3.05, 3.63) is 107 Å². The highest BCUT2D eigenvalue weighted by atomic mass is 32.1. The van der Waals surface area contributed by atoms with Crippen LogP contribution in [0.25, 0.3) is 5.82 Å². The van der Waals surface area contributed by atoms with Crippen LogP contribution >= 0.6 is 12.2 Å². The maximum atomic E-state index is 5.88. The highest BCUT2D eigenvalue weighted by molar-refractivity contribution is 7.80. The Morgan fingerprint density at radius 1 is 0.939 bits per heavy atom. The van der Waals surface area contributed by atoms with E-state index in [0.717, 1.165) is 35.0 Å². The van der Waals surface area contributed by atoms with Gasteiger partial charge >= 0.3 is 0 Å². The number of pyridine rings is 2. The molecule has 33 heavy (non-hydrogen) atoms. The highest BCUT2D eigenvalue weighted by Gasteiger charge is 2.42. The summed E-state index contributed by atoms with van der Waals surface area (Å²) >= 11 is 5.88. The molecule has 1 fully saturated rings. The molecule has 166 valence electrons. The van der Waals surface area contributed by atoms with Crippen LogP contribution in [0.1, 0.15) is 47.2 Å². The molecule has 4 aromatic rings. The van der Waals surface area contributed by atoms with Crippen molar-refractivity contribution in [3.63, 3.8) is 0 Å². The van der Waals surface area contributed by atoms with Crippen molar-refractivity contribution in [1.29, 1.82) is 0 Å². The first-order valence-corrected chi connectivity index (χ1v) is 11.7. The van der Waals surface area contributed by atoms with E-state index < -0.39 is 0 Å². The van der Waals surface area contributed by atoms with Gasteiger partial charge in [-0.1, -0.05) is 31.2 Å². The molecule has 3 aromatic heterocycles. The zero-order valence-electron chi connectivity index (χ0n) is 19.1. The number of thiocarbonyl (C=S) groups is 1. The molecule has 0 radical (unpaired) electrons. The predicted molar refractivity (Wildman–Crippen MR) is 137 cm³/mol. The standard InChI is InChI=1S/C27H27N5S/c1-4-20-11-13-21(14-12-20)32-26(25(30-27(32)33)23-9-5-7-15-28-23)22-17-18(2)31(19(22)3)24-10-6-8-16-29-24/h5-17,25-26H,4H2,1-3H3,(H,30,33). The molecule has 4 heterocycles. The summed E-state index contributed by atoms with van der Waals surface area (Å²) in [7, 11) is 0. The lowest BCUT2D eigenvalue weighted by atomic mass is 9.96. The number of anilines is 1. The van der Waals surface area contributed by atoms with Gasteiger partial charge in [-0.2, -0.15) is 0 Å². The summed E-state index contributed by atoms with van der Waals surface area (Å²) in [5, 5.41) is 4.27. The third-order valence-corrected chi connectivity index (χ3v) is 6.70. The molecule has 5 nitrogen and oxygen atoms in total. The van der Waals surface area contributed by atoms with Crippen LogP contribution in [0.3, 0.4) is 0 Å². The van der Waals surface area contributed by atoms with E-state index in [1.54, 1.807) is 0 Å². The lowest BCUT2D eigenvalue weighted by Gasteiger charge is -2.28. The van der Waals surface area contributed by atoms with E-state index in [1.165, 1.54) is 11.1 Å². The smallest absolute Gasteiger partial charge is 0.174 e. The maximum absolute atomic E-state index is 5.88. The summed E-state index contributed by atoms with van der Waals surface area (Å²) in [5.41, 5.74) is 6.86. The molecular formula is C27H27N5S. The highest BCUT2D eigenvalue weighted by Crippen LogP contribution is 2.43. The predicted octanol–water partition coefficient (Wildman–Crippen LogP) is 5.62. The zero-order chi connectivity index (χ0) is 22.9. The molecule has 1 aliphatic heterocycles. The Bertz CT molecular complexity index is 1270. The maximum Gasteiger partial charge on any atom is 0.174 e. The van der Waals surface area contributed by atoms with Crippen LogP contribution in [0.4, 0.5) is 5.69 Å². The van der Waals surface area contributed by atoms with Gasteiger partial charge in [-0.3, -0.25) is 4.98 Å². The number of hydrogen-bond acceptors (Lipinski definition) is 3. The number of rotatable bonds is 5. The Balaban J connectivity index is 1.66. The summed E-state index contributed by atoms with van der Waals surface area (Å²) in [5.74, 6) is 0.917. The monoisotopic (exact) mass is 453 g/mol. The number of aryl methyl sites for hydroxylation is 2. The lowest BCUT2D eigenvalue weighted by molar-refractivity contribution is 0.565. The van der Waals surface area contributed by atoms with E-state index >= 15 is 0 Å². The quantitative estimate of drug-likeness (QED) is 0.397. The average molecular weight is 454 g/mol. The first-order chi connectivity index (χ1) is 16.1. The van der Waals surface area contributed by atoms with E-state index in [-0.39, 0.29) is 12.1 Å². The van der Waals surface area contributed by atoms with Gasteiger partial charge in [0.2, 0.25) is 0 Å². The molecule has 1 saturated heterocycles. The molecule has 1 aliphatic rings. The molecule has 1 aromatic carbocycles. The Morgan fingerprint density at radius 3 is 2.30 bits per heavy atom. The number of aromatic nitrogens is 3. The third kappa shape index (κ3) is 3.80. The SMILES string of the molecule is CCc1ccc(N2C(=S)NC(c3ccccn3)C2c2cc(C)n(-c3ccccn3)c2C)cc1. The van der Waals surface area contributed by atoms with Gasteiger partial charge in [0.25, 0.3) is 0 Å². The number of nitrogens with zero attached hydrogens (tertiary/aromatic N) is 4. The zero-order valence-corrected chi connectivity index (χ0v) is 19.9. The summed E-state index contributed by atoms with van der Waals surface area (Å²) in [4.78, 5) is 11.5. The Labute approximate surface area is 200 Å². The normalized spacial score (nSPS) is 17.9. The minimum Gasteiger partial charge on any atom is -0.351 e. The van der Waals surface area contributed by atoms with Crippen molar-refractivity contribution in [2.75, 3.05) is 4.90 Å². The van der Waals surface area contributed by atoms with Gasteiger partial charge < -0.3 is 14.8 Å². The van der Waals surface area contributed by atoms with Crippen molar-refractivity contribution < 1.29 is 0 Å². The Kier molecular flexibility index (Phi) is 5.68. The van der Waals surface area contributed by atoms with E-state index in [1.807, 2.05) is 42.7 Å². The Morgan fingerprint density at radius 2 is 1.67 bits per heavy atom. The van der Waals surface area contributed by atoms with Crippen LogP contribution in [0.2, 0.25) is 0 Å². The minimum absolute atomic E-state index is 0.0384. The van der Waals surface area contributed by atoms with Crippen LogP contribution in [-0.2, 0) is 6.42 Å². The van der Waals surface area contributed by atoms with Gasteiger partial charge in [0.1, 0.15) is 5.82 Å². The number of nitrogens with one attached hydrogen (secondary N) is 1. The molecule has 0 aliphatic carbocycles. The molecule has 0 amide bonds. The second-order valence-corrected chi connectivity index (χ2v) is 8.75. The lowest BCUT2D eigenvalue weighted by Crippen LogP contribution is -2.29. The van der Waals surface area contributed by atoms with Crippen LogP contribution < -0.4 is 10.2 Å². The minimum atomic E-state index is -0.0674. The second kappa shape index (κ2) is 8.79. The van der Waals surface area contributed by atoms with Crippen molar-refractivity contribution in [2.24, 2.45) is 0 Å². The fraction of sp³-hybridized carbons (Fsp3) is 0.222.